The summed E-state index contributed by atoms with van der Waals surface area (Å²) >= 11 is 7.90. The molecule has 298 valence electrons. The molecule has 6 N–H and O–H groups in total. The number of aliphatic hydroxyl groups is 1. The van der Waals surface area contributed by atoms with Gasteiger partial charge in [0.05, 0.1) is 28.2 Å². The van der Waals surface area contributed by atoms with E-state index in [1.54, 1.807) is 24.3 Å². The molecule has 14 heteroatoms. The monoisotopic (exact) mass is 794 g/mol. The fourth-order valence-electron chi connectivity index (χ4n) is 6.66. The molecule has 1 aliphatic rings. The largest absolute Gasteiger partial charge is 0.391 e. The Morgan fingerprint density at radius 2 is 1.73 bits per heavy atom. The van der Waals surface area contributed by atoms with Crippen LogP contribution in [0.4, 0.5) is 5.69 Å². The number of unbranched alkanes of at least 4 members (excludes halogenated alkanes) is 2. The first kappa shape index (κ1) is 43.4. The molecular weight excluding hydrogens is 740 g/mol. The number of anilines is 1. The second-order valence-electron chi connectivity index (χ2n) is 15.7. The first-order valence-corrected chi connectivity index (χ1v) is 20.2. The number of β-amino-alcohol motifs (C(OH)–C–C–N with tert-alkyl or cyclic N) is 1. The highest BCUT2D eigenvalue weighted by Gasteiger charge is 2.44. The molecule has 0 aliphatic carbocycles. The van der Waals surface area contributed by atoms with Crippen LogP contribution >= 0.6 is 22.9 Å². The Morgan fingerprint density at radius 3 is 2.36 bits per heavy atom. The standard InChI is InChI=1S/C41H55ClN6O6S/c1-24(12-17-34(43)50)38(52)46-31-19-27(18-30(42)20-31)10-8-7-9-11-35(51)47-37(41(4,5)6)40(54)48-22-32(49)21-33(48)39(53)45-25(2)28-13-15-29(16-14-28)36-26(3)44-23-55-36/h13-16,18-20,23-25,32-33,37,49H,7-12,17,21-22H2,1-6H3,(H2,43,50)(H,45,53)(H,46,52)(H,47,51)/t24-,25-,32+,33-,37+/m0/s1. The SMILES string of the molecule is Cc1ncsc1-c1ccc([C@H](C)NC(=O)[C@@H]2C[C@@H](O)CN2C(=O)[C@@H](NC(=O)CCCCCc2cc(Cl)cc(NC(=O)[C@@H](C)CCC(N)=O)c2)C(C)(C)C)cc1. The summed E-state index contributed by atoms with van der Waals surface area (Å²) in [5.41, 5.74) is 10.8. The molecule has 1 fully saturated rings. The number of aromatic nitrogens is 1. The summed E-state index contributed by atoms with van der Waals surface area (Å²) in [4.78, 5) is 71.3. The fourth-order valence-corrected chi connectivity index (χ4v) is 7.73. The van der Waals surface area contributed by atoms with E-state index in [0.717, 1.165) is 40.1 Å². The number of amides is 5. The minimum Gasteiger partial charge on any atom is -0.391 e. The van der Waals surface area contributed by atoms with Crippen LogP contribution in [-0.2, 0) is 30.4 Å². The predicted molar refractivity (Wildman–Crippen MR) is 216 cm³/mol. The highest BCUT2D eigenvalue weighted by Crippen LogP contribution is 2.30. The molecule has 3 aromatic rings. The van der Waals surface area contributed by atoms with E-state index in [2.05, 4.69) is 20.9 Å². The number of aliphatic hydroxyl groups excluding tert-OH is 1. The third-order valence-corrected chi connectivity index (χ3v) is 11.1. The summed E-state index contributed by atoms with van der Waals surface area (Å²) in [7, 11) is 0. The molecule has 0 bridgehead atoms. The van der Waals surface area contributed by atoms with Gasteiger partial charge in [0.25, 0.3) is 0 Å². The van der Waals surface area contributed by atoms with E-state index in [9.17, 15) is 29.1 Å². The average Bonchev–Trinajstić information content (AvgIpc) is 3.73. The molecule has 1 saturated heterocycles. The van der Waals surface area contributed by atoms with Crippen LogP contribution in [0.25, 0.3) is 10.4 Å². The second kappa shape index (κ2) is 19.5. The van der Waals surface area contributed by atoms with Gasteiger partial charge in [-0.2, -0.15) is 0 Å². The molecule has 0 spiro atoms. The first-order valence-electron chi connectivity index (χ1n) is 18.9. The highest BCUT2D eigenvalue weighted by atomic mass is 35.5. The normalized spacial score (nSPS) is 17.3. The number of primary amides is 1. The number of halogens is 1. The van der Waals surface area contributed by atoms with Crippen LogP contribution in [0.1, 0.15) is 102 Å². The average molecular weight is 795 g/mol. The van der Waals surface area contributed by atoms with E-state index in [-0.39, 0.29) is 55.5 Å². The van der Waals surface area contributed by atoms with Crippen molar-refractivity contribution in [3.63, 3.8) is 0 Å². The zero-order valence-corrected chi connectivity index (χ0v) is 34.2. The van der Waals surface area contributed by atoms with E-state index in [4.69, 9.17) is 17.3 Å². The van der Waals surface area contributed by atoms with Gasteiger partial charge in [0, 0.05) is 42.4 Å². The number of hydrogen-bond donors (Lipinski definition) is 5. The molecule has 55 heavy (non-hydrogen) atoms. The van der Waals surface area contributed by atoms with Gasteiger partial charge in [0.1, 0.15) is 12.1 Å². The Balaban J connectivity index is 1.28. The van der Waals surface area contributed by atoms with Crippen molar-refractivity contribution in [1.29, 1.82) is 0 Å². The van der Waals surface area contributed by atoms with Crippen LogP contribution in [0.3, 0.4) is 0 Å². The molecule has 1 aromatic heterocycles. The number of likely N-dealkylation sites (tertiary alicyclic amines) is 1. The van der Waals surface area contributed by atoms with E-state index in [0.29, 0.717) is 30.0 Å². The Bertz CT molecular complexity index is 1830. The first-order chi connectivity index (χ1) is 25.9. The van der Waals surface area contributed by atoms with Crippen molar-refractivity contribution in [2.45, 2.75) is 117 Å². The van der Waals surface area contributed by atoms with Gasteiger partial charge in [0.15, 0.2) is 0 Å². The number of aryl methyl sites for hydroxylation is 2. The van der Waals surface area contributed by atoms with Crippen molar-refractivity contribution < 1.29 is 29.1 Å². The highest BCUT2D eigenvalue weighted by molar-refractivity contribution is 7.13. The van der Waals surface area contributed by atoms with E-state index >= 15 is 0 Å². The number of nitrogens with two attached hydrogens (primary N) is 1. The molecule has 5 amide bonds. The summed E-state index contributed by atoms with van der Waals surface area (Å²) < 4.78 is 0. The van der Waals surface area contributed by atoms with Gasteiger partial charge < -0.3 is 31.7 Å². The summed E-state index contributed by atoms with van der Waals surface area (Å²) in [6.07, 6.45) is 2.74. The minimum atomic E-state index is -0.903. The van der Waals surface area contributed by atoms with Crippen LogP contribution in [-0.4, -0.2) is 69.3 Å². The van der Waals surface area contributed by atoms with Gasteiger partial charge in [-0.1, -0.05) is 70.0 Å². The number of benzene rings is 2. The second-order valence-corrected chi connectivity index (χ2v) is 17.0. The topological polar surface area (TPSA) is 184 Å². The number of rotatable bonds is 17. The van der Waals surface area contributed by atoms with Crippen LogP contribution < -0.4 is 21.7 Å². The van der Waals surface area contributed by atoms with Crippen molar-refractivity contribution in [3.8, 4) is 10.4 Å². The van der Waals surface area contributed by atoms with Gasteiger partial charge in [-0.25, -0.2) is 4.98 Å². The number of thiazole rings is 1. The van der Waals surface area contributed by atoms with Crippen molar-refractivity contribution in [3.05, 3.63) is 69.8 Å². The predicted octanol–water partition coefficient (Wildman–Crippen LogP) is 6.09. The number of nitrogens with zero attached hydrogens (tertiary/aromatic N) is 2. The lowest BCUT2D eigenvalue weighted by Gasteiger charge is -2.35. The molecule has 4 rings (SSSR count). The number of nitrogens with one attached hydrogen (secondary N) is 3. The summed E-state index contributed by atoms with van der Waals surface area (Å²) in [6, 6.07) is 11.2. The lowest BCUT2D eigenvalue weighted by molar-refractivity contribution is -0.144. The van der Waals surface area contributed by atoms with Crippen molar-refractivity contribution in [2.75, 3.05) is 11.9 Å². The molecule has 0 saturated carbocycles. The maximum Gasteiger partial charge on any atom is 0.246 e. The molecule has 1 aliphatic heterocycles. The quantitative estimate of drug-likeness (QED) is 0.103. The van der Waals surface area contributed by atoms with Crippen LogP contribution in [0.5, 0.6) is 0 Å². The third kappa shape index (κ3) is 12.6. The molecule has 12 nitrogen and oxygen atoms in total. The van der Waals surface area contributed by atoms with Crippen LogP contribution in [0.15, 0.2) is 48.0 Å². The summed E-state index contributed by atoms with van der Waals surface area (Å²) in [5.74, 6) is -2.09. The third-order valence-electron chi connectivity index (χ3n) is 9.93. The van der Waals surface area contributed by atoms with E-state index in [1.807, 2.05) is 76.5 Å². The number of carbonyl (C=O) groups excluding carboxylic acids is 5. The lowest BCUT2D eigenvalue weighted by Crippen LogP contribution is -2.57. The molecular formula is C41H55ClN6O6S. The molecule has 0 unspecified atom stereocenters. The Hall–Kier alpha value is -4.33. The van der Waals surface area contributed by atoms with Crippen molar-refractivity contribution in [2.24, 2.45) is 17.1 Å². The lowest BCUT2D eigenvalue weighted by atomic mass is 9.85. The molecule has 0 radical (unpaired) electrons. The number of hydrogen-bond acceptors (Lipinski definition) is 8. The van der Waals surface area contributed by atoms with Crippen molar-refractivity contribution >= 4 is 58.2 Å². The van der Waals surface area contributed by atoms with Gasteiger partial charge in [0.2, 0.25) is 29.5 Å². The minimum absolute atomic E-state index is 0.000133. The Kier molecular flexibility index (Phi) is 15.4. The van der Waals surface area contributed by atoms with Crippen LogP contribution in [0.2, 0.25) is 5.02 Å². The summed E-state index contributed by atoms with van der Waals surface area (Å²) in [6.45, 7) is 11.2. The van der Waals surface area contributed by atoms with E-state index < -0.39 is 35.4 Å². The maximum atomic E-state index is 14.0. The van der Waals surface area contributed by atoms with E-state index in [1.165, 1.54) is 4.90 Å². The smallest absolute Gasteiger partial charge is 0.246 e. The van der Waals surface area contributed by atoms with Gasteiger partial charge >= 0.3 is 0 Å². The van der Waals surface area contributed by atoms with Gasteiger partial charge in [-0.15, -0.1) is 11.3 Å². The molecule has 2 heterocycles. The Labute approximate surface area is 333 Å². The molecule has 2 aromatic carbocycles. The molecule has 5 atom stereocenters. The van der Waals surface area contributed by atoms with Gasteiger partial charge in [-0.3, -0.25) is 24.0 Å². The zero-order chi connectivity index (χ0) is 40.4. The Morgan fingerprint density at radius 1 is 1.02 bits per heavy atom. The van der Waals surface area contributed by atoms with Crippen LogP contribution in [0, 0.1) is 18.3 Å². The van der Waals surface area contributed by atoms with Gasteiger partial charge in [-0.05, 0) is 79.8 Å². The zero-order valence-electron chi connectivity index (χ0n) is 32.6. The van der Waals surface area contributed by atoms with Crippen molar-refractivity contribution in [1.82, 2.24) is 20.5 Å². The fraction of sp³-hybridized carbons (Fsp3) is 0.512. The summed E-state index contributed by atoms with van der Waals surface area (Å²) in [5, 5.41) is 19.9. The number of carbonyl (C=O) groups is 5. The maximum absolute atomic E-state index is 14.0.